The number of aryl methyl sites for hydroxylation is 1. The molecule has 0 amide bonds. The summed E-state index contributed by atoms with van der Waals surface area (Å²) >= 11 is 5.99. The summed E-state index contributed by atoms with van der Waals surface area (Å²) in [5.41, 5.74) is 8.48. The van der Waals surface area contributed by atoms with Gasteiger partial charge in [-0.1, -0.05) is 11.6 Å². The van der Waals surface area contributed by atoms with E-state index >= 15 is 0 Å². The third-order valence-electron chi connectivity index (χ3n) is 4.64. The lowest BCUT2D eigenvalue weighted by Crippen LogP contribution is -2.17. The Labute approximate surface area is 170 Å². The standard InChI is InChI=1S/C22H26ClN3O2/c1-14-10-12-25-21-18(26-15(2)5-4-11-24)13-19(27-3)22(20(14)21)28-17-8-6-16(23)7-9-17/h6-10,12-13,15,26H,4-5,11,24H2,1-3H3. The van der Waals surface area contributed by atoms with E-state index in [-0.39, 0.29) is 6.04 Å². The van der Waals surface area contributed by atoms with Crippen molar-refractivity contribution < 1.29 is 9.47 Å². The number of methoxy groups -OCH3 is 1. The van der Waals surface area contributed by atoms with Gasteiger partial charge in [0.15, 0.2) is 11.5 Å². The first-order valence-electron chi connectivity index (χ1n) is 9.39. The van der Waals surface area contributed by atoms with Gasteiger partial charge in [0.05, 0.1) is 23.7 Å². The van der Waals surface area contributed by atoms with Gasteiger partial charge in [0.1, 0.15) is 5.75 Å². The topological polar surface area (TPSA) is 69.4 Å². The van der Waals surface area contributed by atoms with Crippen molar-refractivity contribution in [2.75, 3.05) is 19.0 Å². The predicted molar refractivity (Wildman–Crippen MR) is 116 cm³/mol. The van der Waals surface area contributed by atoms with Gasteiger partial charge in [-0.3, -0.25) is 4.98 Å². The number of fused-ring (bicyclic) bond motifs is 1. The van der Waals surface area contributed by atoms with E-state index in [4.69, 9.17) is 26.8 Å². The van der Waals surface area contributed by atoms with E-state index in [1.165, 1.54) is 0 Å². The van der Waals surface area contributed by atoms with E-state index in [0.717, 1.165) is 35.0 Å². The van der Waals surface area contributed by atoms with Crippen molar-refractivity contribution in [1.82, 2.24) is 4.98 Å². The molecule has 0 aliphatic heterocycles. The smallest absolute Gasteiger partial charge is 0.179 e. The lowest BCUT2D eigenvalue weighted by atomic mass is 10.1. The molecule has 5 nitrogen and oxygen atoms in total. The van der Waals surface area contributed by atoms with Gasteiger partial charge in [0, 0.05) is 23.3 Å². The van der Waals surface area contributed by atoms with Crippen LogP contribution in [-0.4, -0.2) is 24.7 Å². The number of pyridine rings is 1. The summed E-state index contributed by atoms with van der Waals surface area (Å²) in [6.45, 7) is 4.86. The maximum Gasteiger partial charge on any atom is 0.179 e. The maximum atomic E-state index is 6.21. The Morgan fingerprint density at radius 3 is 2.64 bits per heavy atom. The highest BCUT2D eigenvalue weighted by Gasteiger charge is 2.19. The minimum Gasteiger partial charge on any atom is -0.493 e. The fourth-order valence-electron chi connectivity index (χ4n) is 3.18. The Hall–Kier alpha value is -2.50. The molecule has 2 aromatic carbocycles. The number of nitrogens with zero attached hydrogens (tertiary/aromatic N) is 1. The van der Waals surface area contributed by atoms with E-state index in [1.807, 2.05) is 37.4 Å². The molecule has 0 saturated carbocycles. The summed E-state index contributed by atoms with van der Waals surface area (Å²) in [5, 5.41) is 5.13. The Morgan fingerprint density at radius 2 is 1.96 bits per heavy atom. The van der Waals surface area contributed by atoms with Crippen LogP contribution in [0.5, 0.6) is 17.2 Å². The van der Waals surface area contributed by atoms with Crippen molar-refractivity contribution in [1.29, 1.82) is 0 Å². The molecule has 0 bridgehead atoms. The van der Waals surface area contributed by atoms with Gasteiger partial charge in [-0.2, -0.15) is 0 Å². The van der Waals surface area contributed by atoms with Crippen LogP contribution in [0, 0.1) is 6.92 Å². The lowest BCUT2D eigenvalue weighted by Gasteiger charge is -2.20. The average Bonchev–Trinajstić information content (AvgIpc) is 2.69. The monoisotopic (exact) mass is 399 g/mol. The largest absolute Gasteiger partial charge is 0.493 e. The molecule has 1 atom stereocenters. The highest BCUT2D eigenvalue weighted by molar-refractivity contribution is 6.30. The minimum atomic E-state index is 0.266. The van der Waals surface area contributed by atoms with E-state index in [2.05, 4.69) is 17.2 Å². The summed E-state index contributed by atoms with van der Waals surface area (Å²) in [4.78, 5) is 4.62. The minimum absolute atomic E-state index is 0.266. The lowest BCUT2D eigenvalue weighted by molar-refractivity contribution is 0.381. The third-order valence-corrected chi connectivity index (χ3v) is 4.89. The number of hydrogen-bond donors (Lipinski definition) is 2. The SMILES string of the molecule is COc1cc(NC(C)CCCN)c2nccc(C)c2c1Oc1ccc(Cl)cc1. The van der Waals surface area contributed by atoms with Gasteiger partial charge >= 0.3 is 0 Å². The third kappa shape index (κ3) is 4.49. The summed E-state index contributed by atoms with van der Waals surface area (Å²) in [7, 11) is 1.64. The molecule has 0 spiro atoms. The van der Waals surface area contributed by atoms with Crippen LogP contribution in [0.25, 0.3) is 10.9 Å². The van der Waals surface area contributed by atoms with Crippen LogP contribution in [0.3, 0.4) is 0 Å². The number of anilines is 1. The Bertz CT molecular complexity index is 945. The molecule has 0 fully saturated rings. The number of benzene rings is 2. The summed E-state index contributed by atoms with van der Waals surface area (Å²) in [5.74, 6) is 1.97. The molecule has 1 heterocycles. The van der Waals surface area contributed by atoms with Crippen molar-refractivity contribution >= 4 is 28.2 Å². The van der Waals surface area contributed by atoms with Gasteiger partial charge in [0.2, 0.25) is 0 Å². The molecule has 3 N–H and O–H groups in total. The highest BCUT2D eigenvalue weighted by atomic mass is 35.5. The first kappa shape index (κ1) is 20.2. The molecule has 0 aliphatic carbocycles. The molecule has 0 radical (unpaired) electrons. The van der Waals surface area contributed by atoms with Crippen molar-refractivity contribution in [2.24, 2.45) is 5.73 Å². The van der Waals surface area contributed by atoms with E-state index < -0.39 is 0 Å². The number of halogens is 1. The van der Waals surface area contributed by atoms with Crippen molar-refractivity contribution in [2.45, 2.75) is 32.7 Å². The van der Waals surface area contributed by atoms with Gasteiger partial charge in [0.25, 0.3) is 0 Å². The highest BCUT2D eigenvalue weighted by Crippen LogP contribution is 2.43. The second-order valence-corrected chi connectivity index (χ2v) is 7.28. The molecule has 6 heteroatoms. The Balaban J connectivity index is 2.08. The van der Waals surface area contributed by atoms with Crippen LogP contribution in [0.1, 0.15) is 25.3 Å². The van der Waals surface area contributed by atoms with Crippen molar-refractivity contribution in [3.05, 3.63) is 53.2 Å². The van der Waals surface area contributed by atoms with Crippen LogP contribution in [-0.2, 0) is 0 Å². The van der Waals surface area contributed by atoms with Gasteiger partial charge in [-0.25, -0.2) is 0 Å². The molecule has 0 aliphatic rings. The number of rotatable bonds is 8. The summed E-state index contributed by atoms with van der Waals surface area (Å²) < 4.78 is 11.9. The average molecular weight is 400 g/mol. The molecular formula is C22H26ClN3O2. The van der Waals surface area contributed by atoms with E-state index in [0.29, 0.717) is 28.8 Å². The van der Waals surface area contributed by atoms with Crippen molar-refractivity contribution in [3.8, 4) is 17.2 Å². The second kappa shape index (κ2) is 9.13. The van der Waals surface area contributed by atoms with Crippen LogP contribution in [0.15, 0.2) is 42.6 Å². The number of nitrogens with one attached hydrogen (secondary N) is 1. The molecule has 1 unspecified atom stereocenters. The quantitative estimate of drug-likeness (QED) is 0.520. The molecule has 1 aromatic heterocycles. The summed E-state index contributed by atoms with van der Waals surface area (Å²) in [6.07, 6.45) is 3.76. The Kier molecular flexibility index (Phi) is 6.60. The molecule has 3 rings (SSSR count). The van der Waals surface area contributed by atoms with Crippen molar-refractivity contribution in [3.63, 3.8) is 0 Å². The zero-order valence-electron chi connectivity index (χ0n) is 16.5. The first-order chi connectivity index (χ1) is 13.5. The zero-order valence-corrected chi connectivity index (χ0v) is 17.2. The second-order valence-electron chi connectivity index (χ2n) is 6.84. The van der Waals surface area contributed by atoms with Gasteiger partial charge in [-0.15, -0.1) is 0 Å². The number of nitrogens with two attached hydrogens (primary N) is 1. The number of hydrogen-bond acceptors (Lipinski definition) is 5. The molecular weight excluding hydrogens is 374 g/mol. The maximum absolute atomic E-state index is 6.21. The van der Waals surface area contributed by atoms with Crippen LogP contribution < -0.4 is 20.5 Å². The Morgan fingerprint density at radius 1 is 1.21 bits per heavy atom. The number of aromatic nitrogens is 1. The first-order valence-corrected chi connectivity index (χ1v) is 9.77. The molecule has 148 valence electrons. The zero-order chi connectivity index (χ0) is 20.1. The fraction of sp³-hybridized carbons (Fsp3) is 0.318. The van der Waals surface area contributed by atoms with Gasteiger partial charge < -0.3 is 20.5 Å². The van der Waals surface area contributed by atoms with E-state index in [1.54, 1.807) is 19.2 Å². The normalized spacial score (nSPS) is 12.0. The predicted octanol–water partition coefficient (Wildman–Crippen LogP) is 5.54. The molecule has 3 aromatic rings. The number of ether oxygens (including phenoxy) is 2. The van der Waals surface area contributed by atoms with Crippen LogP contribution in [0.2, 0.25) is 5.02 Å². The van der Waals surface area contributed by atoms with Gasteiger partial charge in [-0.05, 0) is 69.1 Å². The van der Waals surface area contributed by atoms with Crippen LogP contribution in [0.4, 0.5) is 5.69 Å². The van der Waals surface area contributed by atoms with E-state index in [9.17, 15) is 0 Å². The molecule has 0 saturated heterocycles. The summed E-state index contributed by atoms with van der Waals surface area (Å²) in [6, 6.07) is 11.4. The van der Waals surface area contributed by atoms with Crippen LogP contribution >= 0.6 is 11.6 Å². The molecule has 28 heavy (non-hydrogen) atoms. The fourth-order valence-corrected chi connectivity index (χ4v) is 3.31.